The number of halogens is 5. The summed E-state index contributed by atoms with van der Waals surface area (Å²) in [6, 6.07) is 12.1. The van der Waals surface area contributed by atoms with E-state index in [0.29, 0.717) is 38.1 Å². The summed E-state index contributed by atoms with van der Waals surface area (Å²) in [7, 11) is 0. The predicted molar refractivity (Wildman–Crippen MR) is 114 cm³/mol. The van der Waals surface area contributed by atoms with E-state index in [2.05, 4.69) is 10.3 Å². The van der Waals surface area contributed by atoms with Crippen LogP contribution in [0.1, 0.15) is 11.3 Å². The molecule has 30 heavy (non-hydrogen) atoms. The first-order valence-electron chi connectivity index (χ1n) is 8.65. The van der Waals surface area contributed by atoms with Gasteiger partial charge in [0.05, 0.1) is 5.52 Å². The molecule has 158 valence electrons. The normalized spacial score (nSPS) is 11.5. The van der Waals surface area contributed by atoms with Gasteiger partial charge in [-0.1, -0.05) is 35.3 Å². The highest BCUT2D eigenvalue weighted by Gasteiger charge is 2.32. The molecule has 1 N–H and O–H groups in total. The van der Waals surface area contributed by atoms with Crippen LogP contribution in [-0.2, 0) is 16.7 Å². The molecule has 0 aliphatic heterocycles. The second-order valence-electron chi connectivity index (χ2n) is 6.19. The molecule has 0 saturated heterocycles. The van der Waals surface area contributed by atoms with Crippen LogP contribution in [0.25, 0.3) is 10.9 Å². The lowest BCUT2D eigenvalue weighted by Crippen LogP contribution is -2.15. The molecule has 3 aromatic rings. The summed E-state index contributed by atoms with van der Waals surface area (Å²) >= 11 is 13.3. The first-order valence-corrected chi connectivity index (χ1v) is 10.6. The lowest BCUT2D eigenvalue weighted by atomic mass is 10.1. The third-order valence-corrected chi connectivity index (χ3v) is 5.31. The van der Waals surface area contributed by atoms with Crippen LogP contribution in [0.4, 0.5) is 23.7 Å². The minimum Gasteiger partial charge on any atom is -0.448 e. The molecule has 0 bridgehead atoms. The van der Waals surface area contributed by atoms with Crippen molar-refractivity contribution in [3.8, 4) is 0 Å². The molecule has 0 atom stereocenters. The average Bonchev–Trinajstić information content (AvgIpc) is 2.65. The van der Waals surface area contributed by atoms with Crippen LogP contribution in [-0.4, -0.2) is 23.4 Å². The SMILES string of the molecule is O=C(Nc1cc(Cl)cc(Cl)c1)OCCSCc1ccc2nc(C(F)(F)F)ccc2c1. The fraction of sp³-hybridized carbons (Fsp3) is 0.200. The van der Waals surface area contributed by atoms with Gasteiger partial charge >= 0.3 is 12.3 Å². The summed E-state index contributed by atoms with van der Waals surface area (Å²) in [4.78, 5) is 15.4. The number of hydrogen-bond acceptors (Lipinski definition) is 4. The Bertz CT molecular complexity index is 1040. The molecular formula is C20H15Cl2F3N2O2S. The maximum atomic E-state index is 12.7. The number of pyridine rings is 1. The second kappa shape index (κ2) is 9.76. The number of hydrogen-bond donors (Lipinski definition) is 1. The highest BCUT2D eigenvalue weighted by Crippen LogP contribution is 2.29. The summed E-state index contributed by atoms with van der Waals surface area (Å²) in [5.74, 6) is 1.17. The Morgan fingerprint density at radius 3 is 2.50 bits per heavy atom. The van der Waals surface area contributed by atoms with Crippen LogP contribution < -0.4 is 5.32 Å². The number of ether oxygens (including phenoxy) is 1. The molecule has 1 aromatic heterocycles. The van der Waals surface area contributed by atoms with Crippen molar-refractivity contribution in [3.63, 3.8) is 0 Å². The van der Waals surface area contributed by atoms with E-state index in [4.69, 9.17) is 27.9 Å². The molecule has 2 aromatic carbocycles. The van der Waals surface area contributed by atoms with Crippen molar-refractivity contribution in [2.24, 2.45) is 0 Å². The molecule has 4 nitrogen and oxygen atoms in total. The standard InChI is InChI=1S/C20H15Cl2F3N2O2S/c21-14-8-15(22)10-16(9-14)26-19(28)29-5-6-30-11-12-1-3-17-13(7-12)2-4-18(27-17)20(23,24)25/h1-4,7-10H,5-6,11H2,(H,26,28). The van der Waals surface area contributed by atoms with Crippen molar-refractivity contribution in [3.05, 3.63) is 69.8 Å². The lowest BCUT2D eigenvalue weighted by Gasteiger charge is -2.09. The van der Waals surface area contributed by atoms with Gasteiger partial charge in [0.15, 0.2) is 0 Å². The van der Waals surface area contributed by atoms with Crippen LogP contribution in [0.2, 0.25) is 10.0 Å². The predicted octanol–water partition coefficient (Wildman–Crippen LogP) is 7.04. The molecule has 0 fully saturated rings. The van der Waals surface area contributed by atoms with Crippen molar-refractivity contribution in [2.45, 2.75) is 11.9 Å². The van der Waals surface area contributed by atoms with Gasteiger partial charge in [-0.25, -0.2) is 9.78 Å². The quantitative estimate of drug-likeness (QED) is 0.389. The van der Waals surface area contributed by atoms with Crippen molar-refractivity contribution in [2.75, 3.05) is 17.7 Å². The Labute approximate surface area is 184 Å². The third-order valence-electron chi connectivity index (χ3n) is 3.88. The molecule has 0 saturated carbocycles. The van der Waals surface area contributed by atoms with Crippen molar-refractivity contribution < 1.29 is 22.7 Å². The zero-order chi connectivity index (χ0) is 21.7. The van der Waals surface area contributed by atoms with E-state index in [9.17, 15) is 18.0 Å². The molecule has 10 heteroatoms. The number of nitrogens with one attached hydrogen (secondary N) is 1. The van der Waals surface area contributed by atoms with Gasteiger partial charge in [-0.15, -0.1) is 0 Å². The van der Waals surface area contributed by atoms with Crippen molar-refractivity contribution in [1.82, 2.24) is 4.98 Å². The Morgan fingerprint density at radius 2 is 1.80 bits per heavy atom. The van der Waals surface area contributed by atoms with E-state index in [1.807, 2.05) is 0 Å². The lowest BCUT2D eigenvalue weighted by molar-refractivity contribution is -0.140. The van der Waals surface area contributed by atoms with Crippen LogP contribution in [0.3, 0.4) is 0 Å². The maximum Gasteiger partial charge on any atom is 0.433 e. The van der Waals surface area contributed by atoms with Gasteiger partial charge < -0.3 is 4.74 Å². The first kappa shape index (κ1) is 22.5. The zero-order valence-corrected chi connectivity index (χ0v) is 17.6. The Balaban J connectivity index is 1.45. The summed E-state index contributed by atoms with van der Waals surface area (Å²) in [6.07, 6.45) is -5.08. The molecular weight excluding hydrogens is 460 g/mol. The Morgan fingerprint density at radius 1 is 1.07 bits per heavy atom. The third kappa shape index (κ3) is 6.42. The highest BCUT2D eigenvalue weighted by atomic mass is 35.5. The number of thioether (sulfide) groups is 1. The molecule has 0 aliphatic carbocycles. The zero-order valence-electron chi connectivity index (χ0n) is 15.3. The number of amides is 1. The number of anilines is 1. The van der Waals surface area contributed by atoms with Crippen molar-refractivity contribution in [1.29, 1.82) is 0 Å². The topological polar surface area (TPSA) is 51.2 Å². The molecule has 1 heterocycles. The Kier molecular flexibility index (Phi) is 7.33. The smallest absolute Gasteiger partial charge is 0.433 e. The van der Waals surface area contributed by atoms with Crippen LogP contribution >= 0.6 is 35.0 Å². The number of benzene rings is 2. The molecule has 0 radical (unpaired) electrons. The number of fused-ring (bicyclic) bond motifs is 1. The fourth-order valence-corrected chi connectivity index (χ4v) is 3.87. The van der Waals surface area contributed by atoms with Gasteiger partial charge in [0, 0.05) is 32.6 Å². The average molecular weight is 475 g/mol. The van der Waals surface area contributed by atoms with Gasteiger partial charge in [0.25, 0.3) is 0 Å². The van der Waals surface area contributed by atoms with E-state index < -0.39 is 18.0 Å². The van der Waals surface area contributed by atoms with Crippen LogP contribution in [0.15, 0.2) is 48.5 Å². The monoisotopic (exact) mass is 474 g/mol. The van der Waals surface area contributed by atoms with Gasteiger partial charge in [-0.2, -0.15) is 24.9 Å². The number of nitrogens with zero attached hydrogens (tertiary/aromatic N) is 1. The largest absolute Gasteiger partial charge is 0.448 e. The van der Waals surface area contributed by atoms with E-state index in [1.165, 1.54) is 17.8 Å². The Hall–Kier alpha value is -2.16. The minimum absolute atomic E-state index is 0.189. The van der Waals surface area contributed by atoms with E-state index >= 15 is 0 Å². The number of alkyl halides is 3. The fourth-order valence-electron chi connectivity index (χ4n) is 2.59. The highest BCUT2D eigenvalue weighted by molar-refractivity contribution is 7.98. The minimum atomic E-state index is -4.46. The van der Waals surface area contributed by atoms with Gasteiger partial charge in [-0.05, 0) is 42.0 Å². The summed E-state index contributed by atoms with van der Waals surface area (Å²) < 4.78 is 43.3. The number of carbonyl (C=O) groups excluding carboxylic acids is 1. The van der Waals surface area contributed by atoms with E-state index in [0.717, 1.165) is 11.6 Å². The number of carbonyl (C=O) groups is 1. The number of rotatable bonds is 6. The molecule has 0 aliphatic rings. The van der Waals surface area contributed by atoms with Crippen molar-refractivity contribution >= 4 is 57.6 Å². The van der Waals surface area contributed by atoms with Crippen LogP contribution in [0.5, 0.6) is 0 Å². The van der Waals surface area contributed by atoms with E-state index in [1.54, 1.807) is 36.4 Å². The summed E-state index contributed by atoms with van der Waals surface area (Å²) in [6.45, 7) is 0.189. The molecule has 0 unspecified atom stereocenters. The van der Waals surface area contributed by atoms with Crippen LogP contribution in [0, 0.1) is 0 Å². The van der Waals surface area contributed by atoms with Gasteiger partial charge in [0.2, 0.25) is 0 Å². The van der Waals surface area contributed by atoms with E-state index in [-0.39, 0.29) is 6.61 Å². The molecule has 1 amide bonds. The first-order chi connectivity index (χ1) is 14.2. The second-order valence-corrected chi connectivity index (χ2v) is 8.17. The molecule has 0 spiro atoms. The van der Waals surface area contributed by atoms with Gasteiger partial charge in [0.1, 0.15) is 12.3 Å². The van der Waals surface area contributed by atoms with Gasteiger partial charge in [-0.3, -0.25) is 5.32 Å². The molecule has 3 rings (SSSR count). The summed E-state index contributed by atoms with van der Waals surface area (Å²) in [5, 5.41) is 3.97. The maximum absolute atomic E-state index is 12.7. The summed E-state index contributed by atoms with van der Waals surface area (Å²) in [5.41, 5.74) is 0.753. The number of aromatic nitrogens is 1.